The third kappa shape index (κ3) is 3.48. The van der Waals surface area contributed by atoms with Gasteiger partial charge in [-0.2, -0.15) is 0 Å². The van der Waals surface area contributed by atoms with Crippen LogP contribution < -0.4 is 0 Å². The molecule has 3 heteroatoms. The van der Waals surface area contributed by atoms with E-state index in [1.807, 2.05) is 12.3 Å². The topological polar surface area (TPSA) is 12.9 Å². The Labute approximate surface area is 125 Å². The highest BCUT2D eigenvalue weighted by Gasteiger charge is 2.08. The third-order valence-corrected chi connectivity index (χ3v) is 4.69. The fourth-order valence-electron chi connectivity index (χ4n) is 1.92. The Morgan fingerprint density at radius 3 is 2.56 bits per heavy atom. The Bertz CT molecular complexity index is 511. The number of nitrogens with zero attached hydrogens (tertiary/aromatic N) is 1. The van der Waals surface area contributed by atoms with Gasteiger partial charge in [-0.3, -0.25) is 4.98 Å². The summed E-state index contributed by atoms with van der Waals surface area (Å²) < 4.78 is 0. The fraction of sp³-hybridized carbons (Fsp3) is 0.267. The minimum absolute atomic E-state index is 0.665. The van der Waals surface area contributed by atoms with E-state index in [0.717, 1.165) is 12.1 Å². The molecular formula is C15H16INS. The molecule has 0 unspecified atom stereocenters. The maximum absolute atomic E-state index is 4.56. The monoisotopic (exact) mass is 369 g/mol. The summed E-state index contributed by atoms with van der Waals surface area (Å²) in [6, 6.07) is 12.6. The van der Waals surface area contributed by atoms with Crippen LogP contribution >= 0.6 is 30.1 Å². The maximum Gasteiger partial charge on any atom is 0.0705 e. The molecule has 0 N–H and O–H groups in total. The van der Waals surface area contributed by atoms with Crippen molar-refractivity contribution in [2.75, 3.05) is 0 Å². The van der Waals surface area contributed by atoms with Crippen LogP contribution in [0.25, 0.3) is 11.3 Å². The zero-order valence-corrected chi connectivity index (χ0v) is 13.5. The minimum Gasteiger partial charge on any atom is -0.255 e. The van der Waals surface area contributed by atoms with Crippen LogP contribution in [0.1, 0.15) is 19.4 Å². The quantitative estimate of drug-likeness (QED) is 0.671. The highest BCUT2D eigenvalue weighted by Crippen LogP contribution is 2.31. The Kier molecular flexibility index (Phi) is 5.06. The molecule has 1 nitrogen and oxygen atoms in total. The molecule has 0 saturated carbocycles. The van der Waals surface area contributed by atoms with Crippen molar-refractivity contribution in [3.63, 3.8) is 0 Å². The highest BCUT2D eigenvalue weighted by molar-refractivity contribution is 14.2. The van der Waals surface area contributed by atoms with E-state index in [4.69, 9.17) is 0 Å². The van der Waals surface area contributed by atoms with Crippen LogP contribution in [0.4, 0.5) is 0 Å². The molecule has 0 radical (unpaired) electrons. The second kappa shape index (κ2) is 6.57. The van der Waals surface area contributed by atoms with Gasteiger partial charge in [0.15, 0.2) is 0 Å². The average Bonchev–Trinajstić information content (AvgIpc) is 2.39. The molecule has 2 aromatic rings. The van der Waals surface area contributed by atoms with E-state index < -0.39 is 0 Å². The number of aromatic nitrogens is 1. The summed E-state index contributed by atoms with van der Waals surface area (Å²) >= 11 is 2.33. The molecule has 0 saturated heterocycles. The molecule has 0 aliphatic rings. The number of rotatable bonds is 4. The number of pyridine rings is 1. The van der Waals surface area contributed by atoms with Gasteiger partial charge in [0, 0.05) is 37.9 Å². The maximum atomic E-state index is 4.56. The van der Waals surface area contributed by atoms with E-state index in [-0.39, 0.29) is 0 Å². The van der Waals surface area contributed by atoms with Crippen LogP contribution in [-0.4, -0.2) is 4.98 Å². The van der Waals surface area contributed by atoms with Crippen molar-refractivity contribution in [1.29, 1.82) is 0 Å². The lowest BCUT2D eigenvalue weighted by molar-refractivity contribution is 0.640. The first-order valence-corrected chi connectivity index (χ1v) is 9.39. The lowest BCUT2D eigenvalue weighted by Gasteiger charge is -2.11. The molecule has 0 aliphatic heterocycles. The van der Waals surface area contributed by atoms with Crippen molar-refractivity contribution in [3.05, 3.63) is 48.2 Å². The van der Waals surface area contributed by atoms with Crippen molar-refractivity contribution in [2.24, 2.45) is 5.92 Å². The fourth-order valence-corrected chi connectivity index (χ4v) is 3.44. The molecule has 1 aromatic carbocycles. The van der Waals surface area contributed by atoms with Gasteiger partial charge < -0.3 is 0 Å². The number of hydrogen-bond acceptors (Lipinski definition) is 2. The summed E-state index contributed by atoms with van der Waals surface area (Å²) in [6.45, 7) is 4.51. The van der Waals surface area contributed by atoms with E-state index in [1.54, 1.807) is 8.93 Å². The normalized spacial score (nSPS) is 10.9. The summed E-state index contributed by atoms with van der Waals surface area (Å²) in [6.07, 6.45) is 3.10. The van der Waals surface area contributed by atoms with Gasteiger partial charge in [0.2, 0.25) is 0 Å². The summed E-state index contributed by atoms with van der Waals surface area (Å²) in [5.74, 6) is 0.665. The molecule has 0 bridgehead atoms. The molecule has 0 atom stereocenters. The molecule has 18 heavy (non-hydrogen) atoms. The molecule has 0 amide bonds. The highest BCUT2D eigenvalue weighted by atomic mass is 127. The average molecular weight is 369 g/mol. The van der Waals surface area contributed by atoms with E-state index in [9.17, 15) is 0 Å². The Morgan fingerprint density at radius 1 is 1.22 bits per heavy atom. The van der Waals surface area contributed by atoms with Crippen molar-refractivity contribution < 1.29 is 0 Å². The van der Waals surface area contributed by atoms with Gasteiger partial charge in [-0.1, -0.05) is 53.1 Å². The Hall–Kier alpha value is -0.550. The number of benzene rings is 1. The lowest BCUT2D eigenvalue weighted by atomic mass is 10.0. The summed E-state index contributed by atoms with van der Waals surface area (Å²) in [5.41, 5.74) is 3.66. The van der Waals surface area contributed by atoms with Crippen LogP contribution in [0.5, 0.6) is 0 Å². The van der Waals surface area contributed by atoms with Gasteiger partial charge in [-0.05, 0) is 24.0 Å². The van der Waals surface area contributed by atoms with Gasteiger partial charge >= 0.3 is 0 Å². The van der Waals surface area contributed by atoms with Crippen LogP contribution in [-0.2, 0) is 6.42 Å². The van der Waals surface area contributed by atoms with E-state index in [1.165, 1.54) is 16.0 Å². The van der Waals surface area contributed by atoms with Crippen LogP contribution in [0.2, 0.25) is 0 Å². The molecule has 0 fully saturated rings. The van der Waals surface area contributed by atoms with Crippen molar-refractivity contribution in [2.45, 2.75) is 25.2 Å². The van der Waals surface area contributed by atoms with Gasteiger partial charge in [0.05, 0.1) is 5.69 Å². The van der Waals surface area contributed by atoms with Gasteiger partial charge in [0.1, 0.15) is 0 Å². The van der Waals surface area contributed by atoms with Crippen molar-refractivity contribution in [3.8, 4) is 11.3 Å². The van der Waals surface area contributed by atoms with E-state index >= 15 is 0 Å². The van der Waals surface area contributed by atoms with Crippen LogP contribution in [0, 0.1) is 5.92 Å². The summed E-state index contributed by atoms with van der Waals surface area (Å²) in [7, 11) is 1.75. The summed E-state index contributed by atoms with van der Waals surface area (Å²) in [4.78, 5) is 5.84. The van der Waals surface area contributed by atoms with Crippen molar-refractivity contribution >= 4 is 30.1 Å². The van der Waals surface area contributed by atoms with Crippen molar-refractivity contribution in [1.82, 2.24) is 4.98 Å². The Morgan fingerprint density at radius 2 is 1.94 bits per heavy atom. The van der Waals surface area contributed by atoms with Crippen LogP contribution in [0.15, 0.2) is 47.5 Å². The molecule has 1 aromatic heterocycles. The molecule has 94 valence electrons. The third-order valence-electron chi connectivity index (χ3n) is 2.73. The smallest absolute Gasteiger partial charge is 0.0705 e. The second-order valence-corrected chi connectivity index (χ2v) is 6.63. The predicted molar refractivity (Wildman–Crippen MR) is 88.1 cm³/mol. The first-order chi connectivity index (χ1) is 8.70. The number of halogens is 1. The first kappa shape index (κ1) is 13.9. The predicted octanol–water partition coefficient (Wildman–Crippen LogP) is 5.39. The Balaban J connectivity index is 2.39. The standard InChI is InChI=1S/C15H16INS/c1-11(2)8-13-9-14(17-10-15(13)18-16)12-6-4-3-5-7-12/h3-7,9-11H,8H2,1-2H3. The minimum atomic E-state index is 0.665. The largest absolute Gasteiger partial charge is 0.255 e. The molecule has 2 rings (SSSR count). The van der Waals surface area contributed by atoms with Gasteiger partial charge in [0.25, 0.3) is 0 Å². The van der Waals surface area contributed by atoms with Gasteiger partial charge in [-0.25, -0.2) is 0 Å². The number of hydrogen-bond donors (Lipinski definition) is 0. The lowest BCUT2D eigenvalue weighted by Crippen LogP contribution is -1.97. The van der Waals surface area contributed by atoms with E-state index in [2.05, 4.69) is 70.4 Å². The SMILES string of the molecule is CC(C)Cc1cc(-c2ccccc2)ncc1SI. The molecule has 0 aliphatic carbocycles. The summed E-state index contributed by atoms with van der Waals surface area (Å²) in [5, 5.41) is 0. The van der Waals surface area contributed by atoms with Gasteiger partial charge in [-0.15, -0.1) is 0 Å². The zero-order valence-electron chi connectivity index (χ0n) is 10.6. The molecule has 0 spiro atoms. The zero-order chi connectivity index (χ0) is 13.0. The second-order valence-electron chi connectivity index (χ2n) is 4.72. The molecular weight excluding hydrogens is 353 g/mol. The molecule has 1 heterocycles. The van der Waals surface area contributed by atoms with Crippen LogP contribution in [0.3, 0.4) is 0 Å². The first-order valence-electron chi connectivity index (χ1n) is 6.03. The van der Waals surface area contributed by atoms with E-state index in [0.29, 0.717) is 5.92 Å².